The molecule has 1 heterocycles. The molecular formula is C21H21ClN4O. The Balaban J connectivity index is 1.85. The first-order valence-corrected chi connectivity index (χ1v) is 8.97. The summed E-state index contributed by atoms with van der Waals surface area (Å²) in [6.07, 6.45) is 0. The fourth-order valence-corrected chi connectivity index (χ4v) is 3.18. The van der Waals surface area contributed by atoms with Gasteiger partial charge in [-0.1, -0.05) is 17.7 Å². The number of rotatable bonds is 5. The molecule has 5 nitrogen and oxygen atoms in total. The number of nitrogens with one attached hydrogen (secondary N) is 2. The van der Waals surface area contributed by atoms with Gasteiger partial charge < -0.3 is 10.6 Å². The standard InChI is InChI=1S/C21H21ClN4O/c1-12-9-13(2)20(18(22)10-12)26-21-23-14(3)11-19(25-21)24-17-7-5-16(6-8-17)15(4)27/h5-11H,1-4H3,(H2,23,24,25,26). The maximum Gasteiger partial charge on any atom is 0.229 e. The number of halogens is 1. The second kappa shape index (κ2) is 7.76. The molecule has 0 spiro atoms. The first-order chi connectivity index (χ1) is 12.8. The number of aromatic nitrogens is 2. The third kappa shape index (κ3) is 4.63. The molecule has 0 bridgehead atoms. The molecule has 0 unspecified atom stereocenters. The average molecular weight is 381 g/mol. The first kappa shape index (κ1) is 18.9. The van der Waals surface area contributed by atoms with Crippen LogP contribution in [0.3, 0.4) is 0 Å². The van der Waals surface area contributed by atoms with E-state index in [4.69, 9.17) is 11.6 Å². The molecule has 3 aromatic rings. The topological polar surface area (TPSA) is 66.9 Å². The van der Waals surface area contributed by atoms with E-state index in [0.29, 0.717) is 22.4 Å². The minimum atomic E-state index is 0.0382. The summed E-state index contributed by atoms with van der Waals surface area (Å²) in [6.45, 7) is 7.45. The van der Waals surface area contributed by atoms with Gasteiger partial charge in [0.05, 0.1) is 10.7 Å². The molecular weight excluding hydrogens is 360 g/mol. The van der Waals surface area contributed by atoms with Crippen molar-refractivity contribution in [3.63, 3.8) is 0 Å². The fraction of sp³-hybridized carbons (Fsp3) is 0.190. The monoisotopic (exact) mass is 380 g/mol. The van der Waals surface area contributed by atoms with Crippen LogP contribution in [-0.4, -0.2) is 15.8 Å². The van der Waals surface area contributed by atoms with E-state index in [1.807, 2.05) is 45.0 Å². The van der Waals surface area contributed by atoms with Gasteiger partial charge in [0.15, 0.2) is 5.78 Å². The van der Waals surface area contributed by atoms with Crippen LogP contribution in [0.15, 0.2) is 42.5 Å². The van der Waals surface area contributed by atoms with Gasteiger partial charge in [-0.2, -0.15) is 4.98 Å². The molecule has 2 N–H and O–H groups in total. The second-order valence-electron chi connectivity index (χ2n) is 6.54. The zero-order chi connectivity index (χ0) is 19.6. The van der Waals surface area contributed by atoms with Crippen LogP contribution >= 0.6 is 11.6 Å². The van der Waals surface area contributed by atoms with E-state index in [9.17, 15) is 4.79 Å². The molecule has 1 aromatic heterocycles. The molecule has 0 saturated carbocycles. The van der Waals surface area contributed by atoms with Crippen molar-refractivity contribution in [1.82, 2.24) is 9.97 Å². The van der Waals surface area contributed by atoms with Crippen LogP contribution in [0.2, 0.25) is 5.02 Å². The van der Waals surface area contributed by atoms with Crippen molar-refractivity contribution in [2.45, 2.75) is 27.7 Å². The van der Waals surface area contributed by atoms with E-state index in [1.165, 1.54) is 0 Å². The summed E-state index contributed by atoms with van der Waals surface area (Å²) in [5.74, 6) is 1.16. The number of aryl methyl sites for hydroxylation is 3. The van der Waals surface area contributed by atoms with E-state index in [2.05, 4.69) is 26.7 Å². The molecule has 0 radical (unpaired) electrons. The molecule has 0 aliphatic rings. The average Bonchev–Trinajstić information content (AvgIpc) is 2.58. The molecule has 0 amide bonds. The molecule has 0 aliphatic carbocycles. The fourth-order valence-electron chi connectivity index (χ4n) is 2.81. The molecule has 27 heavy (non-hydrogen) atoms. The van der Waals surface area contributed by atoms with Crippen molar-refractivity contribution in [3.8, 4) is 0 Å². The van der Waals surface area contributed by atoms with Gasteiger partial charge in [-0.05, 0) is 69.2 Å². The van der Waals surface area contributed by atoms with Crippen molar-refractivity contribution < 1.29 is 4.79 Å². The van der Waals surface area contributed by atoms with Crippen LogP contribution in [0.5, 0.6) is 0 Å². The van der Waals surface area contributed by atoms with E-state index in [1.54, 1.807) is 19.1 Å². The summed E-state index contributed by atoms with van der Waals surface area (Å²) in [5, 5.41) is 7.09. The summed E-state index contributed by atoms with van der Waals surface area (Å²) in [6, 6.07) is 13.1. The molecule has 6 heteroatoms. The van der Waals surface area contributed by atoms with Crippen LogP contribution in [0.25, 0.3) is 0 Å². The van der Waals surface area contributed by atoms with E-state index >= 15 is 0 Å². The highest BCUT2D eigenvalue weighted by molar-refractivity contribution is 6.33. The van der Waals surface area contributed by atoms with Crippen molar-refractivity contribution in [2.75, 3.05) is 10.6 Å². The summed E-state index contributed by atoms with van der Waals surface area (Å²) in [4.78, 5) is 20.4. The van der Waals surface area contributed by atoms with Gasteiger partial charge in [0.2, 0.25) is 5.95 Å². The first-order valence-electron chi connectivity index (χ1n) is 8.59. The maximum atomic E-state index is 11.4. The molecule has 2 aromatic carbocycles. The Morgan fingerprint density at radius 1 is 0.963 bits per heavy atom. The molecule has 0 aliphatic heterocycles. The van der Waals surface area contributed by atoms with E-state index in [-0.39, 0.29) is 5.78 Å². The SMILES string of the molecule is CC(=O)c1ccc(Nc2cc(C)nc(Nc3c(C)cc(C)cc3Cl)n2)cc1. The maximum absolute atomic E-state index is 11.4. The largest absolute Gasteiger partial charge is 0.340 e. The predicted molar refractivity (Wildman–Crippen MR) is 111 cm³/mol. The number of Topliss-reactive ketones (excluding diaryl/α,β-unsaturated/α-hetero) is 1. The highest BCUT2D eigenvalue weighted by Crippen LogP contribution is 2.30. The Hall–Kier alpha value is -2.92. The number of ketones is 1. The normalized spacial score (nSPS) is 10.6. The summed E-state index contributed by atoms with van der Waals surface area (Å²) >= 11 is 6.37. The highest BCUT2D eigenvalue weighted by atomic mass is 35.5. The zero-order valence-electron chi connectivity index (χ0n) is 15.7. The van der Waals surface area contributed by atoms with Gasteiger partial charge in [0.25, 0.3) is 0 Å². The van der Waals surface area contributed by atoms with Gasteiger partial charge >= 0.3 is 0 Å². The Kier molecular flexibility index (Phi) is 5.42. The van der Waals surface area contributed by atoms with Gasteiger partial charge in [0, 0.05) is 23.0 Å². The van der Waals surface area contributed by atoms with Crippen LogP contribution in [0.1, 0.15) is 34.1 Å². The quantitative estimate of drug-likeness (QED) is 0.552. The van der Waals surface area contributed by atoms with Crippen molar-refractivity contribution in [2.24, 2.45) is 0 Å². The number of benzene rings is 2. The lowest BCUT2D eigenvalue weighted by molar-refractivity contribution is 0.101. The third-order valence-corrected chi connectivity index (χ3v) is 4.38. The summed E-state index contributed by atoms with van der Waals surface area (Å²) in [5.41, 5.74) is 5.25. The molecule has 0 fully saturated rings. The number of hydrogen-bond donors (Lipinski definition) is 2. The van der Waals surface area contributed by atoms with Crippen molar-refractivity contribution in [3.05, 3.63) is 69.9 Å². The Morgan fingerprint density at radius 2 is 1.67 bits per heavy atom. The van der Waals surface area contributed by atoms with E-state index < -0.39 is 0 Å². The predicted octanol–water partition coefficient (Wildman–Crippen LogP) is 5.75. The Labute approximate surface area is 163 Å². The molecule has 0 saturated heterocycles. The smallest absolute Gasteiger partial charge is 0.229 e. The second-order valence-corrected chi connectivity index (χ2v) is 6.95. The summed E-state index contributed by atoms with van der Waals surface area (Å²) in [7, 11) is 0. The van der Waals surface area contributed by atoms with Gasteiger partial charge in [-0.25, -0.2) is 4.98 Å². The number of nitrogens with zero attached hydrogens (tertiary/aromatic N) is 2. The van der Waals surface area contributed by atoms with Gasteiger partial charge in [-0.3, -0.25) is 4.79 Å². The Morgan fingerprint density at radius 3 is 2.30 bits per heavy atom. The van der Waals surface area contributed by atoms with Crippen LogP contribution in [0, 0.1) is 20.8 Å². The van der Waals surface area contributed by atoms with Crippen molar-refractivity contribution >= 4 is 40.5 Å². The molecule has 138 valence electrons. The highest BCUT2D eigenvalue weighted by Gasteiger charge is 2.09. The lowest BCUT2D eigenvalue weighted by atomic mass is 10.1. The van der Waals surface area contributed by atoms with Crippen LogP contribution in [-0.2, 0) is 0 Å². The van der Waals surface area contributed by atoms with Crippen molar-refractivity contribution in [1.29, 1.82) is 0 Å². The van der Waals surface area contributed by atoms with Gasteiger partial charge in [0.1, 0.15) is 5.82 Å². The number of carbonyl (C=O) groups excluding carboxylic acids is 1. The third-order valence-electron chi connectivity index (χ3n) is 4.09. The number of anilines is 4. The van der Waals surface area contributed by atoms with Crippen LogP contribution < -0.4 is 10.6 Å². The van der Waals surface area contributed by atoms with Crippen LogP contribution in [0.4, 0.5) is 23.1 Å². The van der Waals surface area contributed by atoms with Gasteiger partial charge in [-0.15, -0.1) is 0 Å². The Bertz CT molecular complexity index is 977. The molecule has 0 atom stereocenters. The minimum Gasteiger partial charge on any atom is -0.340 e. The van der Waals surface area contributed by atoms with E-state index in [0.717, 1.165) is 28.2 Å². The number of carbonyl (C=O) groups is 1. The lowest BCUT2D eigenvalue weighted by Gasteiger charge is -2.13. The minimum absolute atomic E-state index is 0.0382. The summed E-state index contributed by atoms with van der Waals surface area (Å²) < 4.78 is 0. The zero-order valence-corrected chi connectivity index (χ0v) is 16.5. The lowest BCUT2D eigenvalue weighted by Crippen LogP contribution is -2.04. The molecule has 3 rings (SSSR count). The number of hydrogen-bond acceptors (Lipinski definition) is 5.